The summed E-state index contributed by atoms with van der Waals surface area (Å²) in [7, 11) is -4.82. The van der Waals surface area contributed by atoms with Gasteiger partial charge in [0.05, 0.1) is 47.3 Å². The summed E-state index contributed by atoms with van der Waals surface area (Å²) >= 11 is 0. The van der Waals surface area contributed by atoms with Crippen LogP contribution in [0.5, 0.6) is 11.5 Å². The summed E-state index contributed by atoms with van der Waals surface area (Å²) in [5, 5.41) is 10.2. The van der Waals surface area contributed by atoms with Crippen LogP contribution in [0.25, 0.3) is 0 Å². The first-order valence-electron chi connectivity index (χ1n) is 16.3. The van der Waals surface area contributed by atoms with Gasteiger partial charge in [-0.1, -0.05) is 25.1 Å². The molecule has 268 valence electrons. The number of rotatable bonds is 10. The van der Waals surface area contributed by atoms with Gasteiger partial charge in [-0.2, -0.15) is 4.31 Å². The molecule has 0 aromatic heterocycles. The molecular formula is C35H47N3O9S2. The fraction of sp³-hybridized carbons (Fsp3) is 0.457. The molecule has 1 amide bonds. The lowest BCUT2D eigenvalue weighted by Gasteiger charge is -2.35. The SMILES string of the molecule is COc1ccc(S(=O)(=O)N(C)C[C@@H]2OCCCC[C@H](C)Oc3ccc(NS(=O)(=O)c4ccccc4)cc3C(=O)N([C@H](C)CO)C[C@@H]2C)cc1. The molecule has 2 N–H and O–H groups in total. The minimum atomic E-state index is -3.95. The Bertz CT molecular complexity index is 1750. The van der Waals surface area contributed by atoms with Crippen molar-refractivity contribution in [1.29, 1.82) is 0 Å². The molecule has 1 aliphatic heterocycles. The van der Waals surface area contributed by atoms with Crippen molar-refractivity contribution in [3.63, 3.8) is 0 Å². The van der Waals surface area contributed by atoms with Gasteiger partial charge in [-0.15, -0.1) is 0 Å². The van der Waals surface area contributed by atoms with E-state index < -0.39 is 38.1 Å². The molecule has 0 radical (unpaired) electrons. The highest BCUT2D eigenvalue weighted by Crippen LogP contribution is 2.30. The van der Waals surface area contributed by atoms with Crippen molar-refractivity contribution in [1.82, 2.24) is 9.21 Å². The van der Waals surface area contributed by atoms with E-state index in [1.54, 1.807) is 49.4 Å². The third-order valence-electron chi connectivity index (χ3n) is 8.56. The number of anilines is 1. The monoisotopic (exact) mass is 717 g/mol. The van der Waals surface area contributed by atoms with Crippen LogP contribution in [-0.4, -0.2) is 95.8 Å². The van der Waals surface area contributed by atoms with Gasteiger partial charge in [-0.25, -0.2) is 16.8 Å². The quantitative estimate of drug-likeness (QED) is 0.306. The number of methoxy groups -OCH3 is 1. The van der Waals surface area contributed by atoms with Crippen molar-refractivity contribution in [3.05, 3.63) is 78.4 Å². The number of aliphatic hydroxyl groups excluding tert-OH is 1. The van der Waals surface area contributed by atoms with Crippen LogP contribution >= 0.6 is 0 Å². The van der Waals surface area contributed by atoms with E-state index in [2.05, 4.69) is 4.72 Å². The number of nitrogens with zero attached hydrogens (tertiary/aromatic N) is 2. The van der Waals surface area contributed by atoms with Gasteiger partial charge in [0.25, 0.3) is 15.9 Å². The Morgan fingerprint density at radius 2 is 1.69 bits per heavy atom. The molecular weight excluding hydrogens is 671 g/mol. The van der Waals surface area contributed by atoms with Crippen molar-refractivity contribution in [2.24, 2.45) is 5.92 Å². The molecule has 49 heavy (non-hydrogen) atoms. The highest BCUT2D eigenvalue weighted by atomic mass is 32.2. The van der Waals surface area contributed by atoms with Crippen LogP contribution in [0.4, 0.5) is 5.69 Å². The van der Waals surface area contributed by atoms with Crippen molar-refractivity contribution in [2.45, 2.75) is 68.1 Å². The van der Waals surface area contributed by atoms with Crippen LogP contribution in [-0.2, 0) is 24.8 Å². The maximum Gasteiger partial charge on any atom is 0.261 e. The van der Waals surface area contributed by atoms with Crippen molar-refractivity contribution < 1.29 is 40.9 Å². The number of amides is 1. The van der Waals surface area contributed by atoms with Gasteiger partial charge in [0.2, 0.25) is 10.0 Å². The minimum absolute atomic E-state index is 0.0204. The van der Waals surface area contributed by atoms with Crippen molar-refractivity contribution >= 4 is 31.6 Å². The second kappa shape index (κ2) is 16.8. The van der Waals surface area contributed by atoms with Gasteiger partial charge in [-0.05, 0) is 87.7 Å². The van der Waals surface area contributed by atoms with E-state index in [1.807, 2.05) is 13.8 Å². The second-order valence-corrected chi connectivity index (χ2v) is 16.1. The Labute approximate surface area is 290 Å². The number of hydrogen-bond donors (Lipinski definition) is 2. The molecule has 12 nitrogen and oxygen atoms in total. The van der Waals surface area contributed by atoms with Crippen molar-refractivity contribution in [2.75, 3.05) is 45.2 Å². The summed E-state index contributed by atoms with van der Waals surface area (Å²) in [6, 6.07) is 18.0. The maximum atomic E-state index is 14.4. The molecule has 0 unspecified atom stereocenters. The van der Waals surface area contributed by atoms with Gasteiger partial charge >= 0.3 is 0 Å². The first kappa shape index (κ1) is 38.1. The fourth-order valence-corrected chi connectivity index (χ4v) is 7.80. The van der Waals surface area contributed by atoms with E-state index in [9.17, 15) is 26.7 Å². The summed E-state index contributed by atoms with van der Waals surface area (Å²) in [6.07, 6.45) is 1.24. The lowest BCUT2D eigenvalue weighted by atomic mass is 10.0. The predicted octanol–water partition coefficient (Wildman–Crippen LogP) is 4.61. The first-order valence-corrected chi connectivity index (χ1v) is 19.2. The Kier molecular flexibility index (Phi) is 13.1. The van der Waals surface area contributed by atoms with Crippen LogP contribution in [0.1, 0.15) is 50.4 Å². The smallest absolute Gasteiger partial charge is 0.261 e. The van der Waals surface area contributed by atoms with E-state index in [0.29, 0.717) is 25.2 Å². The number of likely N-dealkylation sites (N-methyl/N-ethyl adjacent to an activating group) is 1. The van der Waals surface area contributed by atoms with Crippen LogP contribution in [0.3, 0.4) is 0 Å². The molecule has 0 saturated carbocycles. The molecule has 14 heteroatoms. The lowest BCUT2D eigenvalue weighted by Crippen LogP contribution is -2.48. The zero-order valence-corrected chi connectivity index (χ0v) is 30.2. The topological polar surface area (TPSA) is 152 Å². The molecule has 0 fully saturated rings. The third kappa shape index (κ3) is 9.73. The van der Waals surface area contributed by atoms with E-state index in [4.69, 9.17) is 14.2 Å². The van der Waals surface area contributed by atoms with E-state index in [1.165, 1.54) is 53.7 Å². The zero-order valence-electron chi connectivity index (χ0n) is 28.6. The van der Waals surface area contributed by atoms with Gasteiger partial charge in [0, 0.05) is 38.3 Å². The molecule has 0 bridgehead atoms. The van der Waals surface area contributed by atoms with Gasteiger partial charge < -0.3 is 24.2 Å². The lowest BCUT2D eigenvalue weighted by molar-refractivity contribution is -0.00833. The summed E-state index contributed by atoms with van der Waals surface area (Å²) in [5.41, 5.74) is 0.297. The van der Waals surface area contributed by atoms with Crippen LogP contribution in [0.15, 0.2) is 82.6 Å². The number of carbonyl (C=O) groups is 1. The van der Waals surface area contributed by atoms with Crippen LogP contribution in [0.2, 0.25) is 0 Å². The van der Waals surface area contributed by atoms with Gasteiger partial charge in [-0.3, -0.25) is 9.52 Å². The number of nitrogens with one attached hydrogen (secondary N) is 1. The van der Waals surface area contributed by atoms with E-state index in [0.717, 1.165) is 6.42 Å². The Morgan fingerprint density at radius 1 is 1.00 bits per heavy atom. The number of aliphatic hydroxyl groups is 1. The molecule has 4 rings (SSSR count). The highest BCUT2D eigenvalue weighted by Gasteiger charge is 2.32. The molecule has 3 aromatic rings. The molecule has 1 heterocycles. The van der Waals surface area contributed by atoms with E-state index in [-0.39, 0.29) is 58.5 Å². The number of carbonyl (C=O) groups excluding carboxylic acids is 1. The fourth-order valence-electron chi connectivity index (χ4n) is 5.54. The normalized spacial score (nSPS) is 20.5. The Hall–Kier alpha value is -3.69. The highest BCUT2D eigenvalue weighted by molar-refractivity contribution is 7.92. The molecule has 0 saturated heterocycles. The average molecular weight is 718 g/mol. The predicted molar refractivity (Wildman–Crippen MR) is 187 cm³/mol. The number of hydrogen-bond acceptors (Lipinski definition) is 9. The Balaban J connectivity index is 1.66. The molecule has 3 aromatic carbocycles. The molecule has 1 aliphatic rings. The maximum absolute atomic E-state index is 14.4. The molecule has 0 aliphatic carbocycles. The van der Waals surface area contributed by atoms with E-state index >= 15 is 0 Å². The molecule has 0 spiro atoms. The minimum Gasteiger partial charge on any atom is -0.497 e. The summed E-state index contributed by atoms with van der Waals surface area (Å²) in [4.78, 5) is 16.0. The number of sulfonamides is 2. The molecule has 4 atom stereocenters. The number of fused-ring (bicyclic) bond motifs is 1. The third-order valence-corrected chi connectivity index (χ3v) is 11.8. The van der Waals surface area contributed by atoms with Crippen LogP contribution in [0, 0.1) is 5.92 Å². The van der Waals surface area contributed by atoms with Crippen LogP contribution < -0.4 is 14.2 Å². The zero-order chi connectivity index (χ0) is 35.8. The summed E-state index contributed by atoms with van der Waals surface area (Å²) < 4.78 is 74.8. The average Bonchev–Trinajstić information content (AvgIpc) is 3.09. The standard InChI is InChI=1S/C35H47N3O9S2/c1-25-22-38(26(2)24-39)35(40)32-21-28(36-48(41,42)30-12-7-6-8-13-30)14-19-33(32)47-27(3)11-9-10-20-46-34(25)23-37(4)49(43,44)31-17-15-29(45-5)16-18-31/h6-8,12-19,21,25-27,34,36,39H,9-11,20,22-24H2,1-5H3/t25-,26+,27-,34-/m0/s1. The second-order valence-electron chi connectivity index (χ2n) is 12.4. The number of benzene rings is 3. The van der Waals surface area contributed by atoms with Gasteiger partial charge in [0.1, 0.15) is 11.5 Å². The number of ether oxygens (including phenoxy) is 3. The van der Waals surface area contributed by atoms with Gasteiger partial charge in [0.15, 0.2) is 0 Å². The first-order chi connectivity index (χ1) is 23.3. The Morgan fingerprint density at radius 3 is 2.35 bits per heavy atom. The van der Waals surface area contributed by atoms with Crippen molar-refractivity contribution in [3.8, 4) is 11.5 Å². The summed E-state index contributed by atoms with van der Waals surface area (Å²) in [5.74, 6) is -0.0312. The largest absolute Gasteiger partial charge is 0.497 e. The summed E-state index contributed by atoms with van der Waals surface area (Å²) in [6.45, 7) is 5.63.